The van der Waals surface area contributed by atoms with E-state index in [1.165, 1.54) is 12.1 Å². The minimum absolute atomic E-state index is 0.210. The molecule has 3 aromatic carbocycles. The first-order valence-electron chi connectivity index (χ1n) is 12.9. The third kappa shape index (κ3) is 6.60. The van der Waals surface area contributed by atoms with E-state index in [2.05, 4.69) is 4.18 Å². The first-order chi connectivity index (χ1) is 18.7. The molecule has 1 amide bonds. The summed E-state index contributed by atoms with van der Waals surface area (Å²) in [6.45, 7) is 7.44. The van der Waals surface area contributed by atoms with Gasteiger partial charge in [0.15, 0.2) is 0 Å². The SMILES string of the molecule is C[C@H](c1cccc2ccccc12)N(CCC1C=C(OS(=O)(=O)C(F)(F)F)c2ccccc2C1)C(=O)OC(C)(C)C. The quantitative estimate of drug-likeness (QED) is 0.214. The van der Waals surface area contributed by atoms with Crippen molar-refractivity contribution in [3.63, 3.8) is 0 Å². The molecule has 40 heavy (non-hydrogen) atoms. The number of hydrogen-bond donors (Lipinski definition) is 0. The molecule has 0 aromatic heterocycles. The molecule has 1 aliphatic carbocycles. The molecule has 3 aromatic rings. The standard InChI is InChI=1S/C30H32F3NO5S/c1-20(24-15-9-12-22-10-5-7-13-25(22)24)34(28(35)38-29(2,3)4)17-16-21-18-23-11-6-8-14-26(23)27(19-21)39-40(36,37)30(31,32)33/h5-15,19-21H,16-18H2,1-4H3/t20-,21?/m1/s1. The Bertz CT molecular complexity index is 1520. The largest absolute Gasteiger partial charge is 0.534 e. The van der Waals surface area contributed by atoms with E-state index in [1.807, 2.05) is 49.4 Å². The summed E-state index contributed by atoms with van der Waals surface area (Å²) in [7, 11) is -5.85. The van der Waals surface area contributed by atoms with Crippen molar-refractivity contribution in [3.05, 3.63) is 89.5 Å². The van der Waals surface area contributed by atoms with E-state index in [1.54, 1.807) is 43.9 Å². The van der Waals surface area contributed by atoms with Gasteiger partial charge in [-0.2, -0.15) is 21.6 Å². The molecular formula is C30H32F3NO5S. The summed E-state index contributed by atoms with van der Waals surface area (Å²) in [6, 6.07) is 19.9. The molecule has 6 nitrogen and oxygen atoms in total. The highest BCUT2D eigenvalue weighted by Gasteiger charge is 2.49. The molecule has 0 radical (unpaired) electrons. The van der Waals surface area contributed by atoms with Crippen molar-refractivity contribution in [1.29, 1.82) is 0 Å². The third-order valence-corrected chi connectivity index (χ3v) is 7.71. The average molecular weight is 576 g/mol. The number of halogens is 3. The van der Waals surface area contributed by atoms with Crippen molar-refractivity contribution in [2.45, 2.75) is 57.7 Å². The van der Waals surface area contributed by atoms with Gasteiger partial charge in [-0.05, 0) is 74.4 Å². The van der Waals surface area contributed by atoms with Crippen LogP contribution in [0.25, 0.3) is 16.5 Å². The van der Waals surface area contributed by atoms with E-state index >= 15 is 0 Å². The lowest BCUT2D eigenvalue weighted by atomic mass is 9.86. The van der Waals surface area contributed by atoms with Crippen molar-refractivity contribution in [3.8, 4) is 0 Å². The highest BCUT2D eigenvalue weighted by molar-refractivity contribution is 7.87. The maximum absolute atomic E-state index is 13.4. The Labute approximate surface area is 232 Å². The summed E-state index contributed by atoms with van der Waals surface area (Å²) in [5.74, 6) is -0.756. The van der Waals surface area contributed by atoms with Crippen LogP contribution in [-0.4, -0.2) is 37.1 Å². The van der Waals surface area contributed by atoms with Gasteiger partial charge in [0.2, 0.25) is 0 Å². The molecule has 1 unspecified atom stereocenters. The first kappa shape index (κ1) is 29.5. The molecule has 1 aliphatic rings. The topological polar surface area (TPSA) is 72.9 Å². The smallest absolute Gasteiger partial charge is 0.444 e. The van der Waals surface area contributed by atoms with Crippen LogP contribution in [0.2, 0.25) is 0 Å². The number of amides is 1. The second-order valence-corrected chi connectivity index (χ2v) is 12.4. The molecule has 0 bridgehead atoms. The van der Waals surface area contributed by atoms with Gasteiger partial charge in [-0.25, -0.2) is 4.79 Å². The Hall–Kier alpha value is -3.53. The summed E-state index contributed by atoms with van der Waals surface area (Å²) < 4.78 is 73.3. The monoisotopic (exact) mass is 575 g/mol. The van der Waals surface area contributed by atoms with Crippen LogP contribution in [0.5, 0.6) is 0 Å². The van der Waals surface area contributed by atoms with Crippen molar-refractivity contribution < 1.29 is 35.3 Å². The first-order valence-corrected chi connectivity index (χ1v) is 14.4. The van der Waals surface area contributed by atoms with Gasteiger partial charge in [-0.1, -0.05) is 66.7 Å². The number of carbonyl (C=O) groups is 1. The average Bonchev–Trinajstić information content (AvgIpc) is 2.86. The Kier molecular flexibility index (Phi) is 8.21. The zero-order valence-corrected chi connectivity index (χ0v) is 23.6. The zero-order chi connectivity index (χ0) is 29.3. The zero-order valence-electron chi connectivity index (χ0n) is 22.7. The molecule has 0 saturated carbocycles. The van der Waals surface area contributed by atoms with Crippen LogP contribution in [0.1, 0.15) is 56.8 Å². The van der Waals surface area contributed by atoms with E-state index in [0.29, 0.717) is 24.0 Å². The normalized spacial score (nSPS) is 16.6. The lowest BCUT2D eigenvalue weighted by molar-refractivity contribution is -0.0509. The van der Waals surface area contributed by atoms with Crippen molar-refractivity contribution >= 4 is 32.7 Å². The van der Waals surface area contributed by atoms with Gasteiger partial charge in [0.1, 0.15) is 11.4 Å². The minimum Gasteiger partial charge on any atom is -0.444 e. The molecule has 2 atom stereocenters. The van der Waals surface area contributed by atoms with E-state index in [9.17, 15) is 26.4 Å². The summed E-state index contributed by atoms with van der Waals surface area (Å²) in [5, 5.41) is 2.01. The van der Waals surface area contributed by atoms with Crippen molar-refractivity contribution in [2.75, 3.05) is 6.54 Å². The number of fused-ring (bicyclic) bond motifs is 2. The lowest BCUT2D eigenvalue weighted by Crippen LogP contribution is -2.39. The summed E-state index contributed by atoms with van der Waals surface area (Å²) in [6.07, 6.45) is 1.66. The molecule has 214 valence electrons. The van der Waals surface area contributed by atoms with Gasteiger partial charge in [-0.15, -0.1) is 0 Å². The number of nitrogens with zero attached hydrogens (tertiary/aromatic N) is 1. The van der Waals surface area contributed by atoms with Gasteiger partial charge in [0, 0.05) is 12.1 Å². The maximum Gasteiger partial charge on any atom is 0.534 e. The number of benzene rings is 3. The minimum atomic E-state index is -5.85. The fourth-order valence-electron chi connectivity index (χ4n) is 4.86. The molecule has 0 saturated heterocycles. The summed E-state index contributed by atoms with van der Waals surface area (Å²) in [5.41, 5.74) is -4.43. The molecule has 0 heterocycles. The maximum atomic E-state index is 13.4. The number of carbonyl (C=O) groups excluding carboxylic acids is 1. The van der Waals surface area contributed by atoms with Crippen LogP contribution in [0.3, 0.4) is 0 Å². The number of rotatable bonds is 7. The second kappa shape index (κ2) is 11.2. The highest BCUT2D eigenvalue weighted by Crippen LogP contribution is 2.37. The predicted octanol–water partition coefficient (Wildman–Crippen LogP) is 7.61. The molecule has 0 aliphatic heterocycles. The fourth-order valence-corrected chi connectivity index (χ4v) is 5.33. The van der Waals surface area contributed by atoms with Crippen molar-refractivity contribution in [1.82, 2.24) is 4.90 Å². The summed E-state index contributed by atoms with van der Waals surface area (Å²) in [4.78, 5) is 15.0. The van der Waals surface area contributed by atoms with Crippen LogP contribution >= 0.6 is 0 Å². The fraction of sp³-hybridized carbons (Fsp3) is 0.367. The van der Waals surface area contributed by atoms with Crippen LogP contribution in [0.4, 0.5) is 18.0 Å². The lowest BCUT2D eigenvalue weighted by Gasteiger charge is -2.34. The van der Waals surface area contributed by atoms with E-state index in [0.717, 1.165) is 16.3 Å². The van der Waals surface area contributed by atoms with Crippen molar-refractivity contribution in [2.24, 2.45) is 5.92 Å². The highest BCUT2D eigenvalue weighted by atomic mass is 32.2. The van der Waals surface area contributed by atoms with Gasteiger partial charge in [-0.3, -0.25) is 0 Å². The Morgan fingerprint density at radius 3 is 2.35 bits per heavy atom. The van der Waals surface area contributed by atoms with E-state index < -0.39 is 33.2 Å². The summed E-state index contributed by atoms with van der Waals surface area (Å²) >= 11 is 0. The van der Waals surface area contributed by atoms with E-state index in [-0.39, 0.29) is 18.3 Å². The Morgan fingerprint density at radius 2 is 1.65 bits per heavy atom. The Balaban J connectivity index is 1.64. The van der Waals surface area contributed by atoms with Gasteiger partial charge >= 0.3 is 21.7 Å². The van der Waals surface area contributed by atoms with E-state index in [4.69, 9.17) is 4.74 Å². The molecule has 4 rings (SSSR count). The van der Waals surface area contributed by atoms with Gasteiger partial charge in [0.05, 0.1) is 6.04 Å². The van der Waals surface area contributed by atoms with Crippen LogP contribution in [-0.2, 0) is 25.5 Å². The molecule has 0 spiro atoms. The third-order valence-electron chi connectivity index (χ3n) is 6.74. The molecule has 0 N–H and O–H groups in total. The molecular weight excluding hydrogens is 543 g/mol. The Morgan fingerprint density at radius 1 is 1.00 bits per heavy atom. The van der Waals surface area contributed by atoms with Crippen LogP contribution < -0.4 is 0 Å². The molecule has 0 fully saturated rings. The number of ether oxygens (including phenoxy) is 1. The number of allylic oxidation sites excluding steroid dienone is 1. The van der Waals surface area contributed by atoms with Crippen LogP contribution in [0.15, 0.2) is 72.8 Å². The number of hydrogen-bond acceptors (Lipinski definition) is 5. The predicted molar refractivity (Wildman–Crippen MR) is 148 cm³/mol. The van der Waals surface area contributed by atoms with Gasteiger partial charge < -0.3 is 13.8 Å². The number of alkyl halides is 3. The van der Waals surface area contributed by atoms with Gasteiger partial charge in [0.25, 0.3) is 0 Å². The second-order valence-electron chi connectivity index (χ2n) is 10.8. The molecule has 10 heteroatoms. The van der Waals surface area contributed by atoms with Crippen LogP contribution in [0, 0.1) is 5.92 Å².